The number of halogens is 3. The minimum Gasteiger partial charge on any atom is -0.348 e. The zero-order valence-electron chi connectivity index (χ0n) is 9.32. The van der Waals surface area contributed by atoms with Crippen LogP contribution in [-0.4, -0.2) is 11.0 Å². The summed E-state index contributed by atoms with van der Waals surface area (Å²) in [7, 11) is 0. The molecule has 0 aliphatic heterocycles. The van der Waals surface area contributed by atoms with Crippen LogP contribution in [0.3, 0.4) is 0 Å². The number of pyridine rings is 1. The fraction of sp³-hybridized carbons (Fsp3) is 0.154. The van der Waals surface area contributed by atoms with Crippen molar-refractivity contribution in [2.45, 2.75) is 13.0 Å². The topological polar surface area (TPSA) is 22.0 Å². The molecule has 1 heterocycles. The first kappa shape index (κ1) is 12.4. The Morgan fingerprint density at radius 3 is 2.39 bits per heavy atom. The number of benzene rings is 1. The van der Waals surface area contributed by atoms with E-state index in [9.17, 15) is 18.0 Å². The summed E-state index contributed by atoms with van der Waals surface area (Å²) in [5, 5.41) is 0. The number of alkyl halides is 2. The van der Waals surface area contributed by atoms with Crippen LogP contribution in [0.1, 0.15) is 0 Å². The van der Waals surface area contributed by atoms with Gasteiger partial charge in [0.05, 0.1) is 6.54 Å². The van der Waals surface area contributed by atoms with Gasteiger partial charge in [-0.15, -0.1) is 0 Å². The molecule has 0 saturated carbocycles. The molecule has 1 aromatic carbocycles. The minimum absolute atomic E-state index is 0.276. The Kier molecular flexibility index (Phi) is 3.50. The SMILES string of the molecule is O=c1ccn(CC(F)F)cc1-c1ccc(F)cc1. The fourth-order valence-corrected chi connectivity index (χ4v) is 1.64. The maximum Gasteiger partial charge on any atom is 0.256 e. The molecular formula is C13H10F3NO. The van der Waals surface area contributed by atoms with Crippen LogP contribution in [0, 0.1) is 5.82 Å². The van der Waals surface area contributed by atoms with Gasteiger partial charge in [-0.3, -0.25) is 4.79 Å². The Balaban J connectivity index is 2.43. The molecule has 0 fully saturated rings. The van der Waals surface area contributed by atoms with Crippen molar-refractivity contribution in [2.24, 2.45) is 0 Å². The largest absolute Gasteiger partial charge is 0.348 e. The highest BCUT2D eigenvalue weighted by molar-refractivity contribution is 5.61. The maximum absolute atomic E-state index is 12.8. The molecule has 0 atom stereocenters. The Bertz CT molecular complexity index is 590. The van der Waals surface area contributed by atoms with Crippen molar-refractivity contribution >= 4 is 0 Å². The van der Waals surface area contributed by atoms with Crippen molar-refractivity contribution in [2.75, 3.05) is 0 Å². The zero-order chi connectivity index (χ0) is 13.1. The van der Waals surface area contributed by atoms with E-state index in [1.807, 2.05) is 0 Å². The molecule has 0 unspecified atom stereocenters. The van der Waals surface area contributed by atoms with Crippen LogP contribution in [-0.2, 0) is 6.54 Å². The van der Waals surface area contributed by atoms with Gasteiger partial charge in [-0.1, -0.05) is 12.1 Å². The number of aromatic nitrogens is 1. The molecule has 0 spiro atoms. The fourth-order valence-electron chi connectivity index (χ4n) is 1.64. The monoisotopic (exact) mass is 253 g/mol. The van der Waals surface area contributed by atoms with Crippen molar-refractivity contribution in [1.29, 1.82) is 0 Å². The van der Waals surface area contributed by atoms with Crippen LogP contribution >= 0.6 is 0 Å². The number of hydrogen-bond donors (Lipinski definition) is 0. The van der Waals surface area contributed by atoms with Gasteiger partial charge in [-0.05, 0) is 17.7 Å². The third-order valence-corrected chi connectivity index (χ3v) is 2.48. The summed E-state index contributed by atoms with van der Waals surface area (Å²) in [6, 6.07) is 6.55. The molecule has 94 valence electrons. The van der Waals surface area contributed by atoms with Crippen LogP contribution in [0.25, 0.3) is 11.1 Å². The lowest BCUT2D eigenvalue weighted by Crippen LogP contribution is -2.12. The summed E-state index contributed by atoms with van der Waals surface area (Å²) in [5.74, 6) is -0.414. The van der Waals surface area contributed by atoms with E-state index >= 15 is 0 Å². The first-order valence-corrected chi connectivity index (χ1v) is 5.30. The number of hydrogen-bond acceptors (Lipinski definition) is 1. The van der Waals surface area contributed by atoms with E-state index in [4.69, 9.17) is 0 Å². The second-order valence-corrected chi connectivity index (χ2v) is 3.82. The molecule has 0 radical (unpaired) electrons. The quantitative estimate of drug-likeness (QED) is 0.824. The van der Waals surface area contributed by atoms with Crippen LogP contribution < -0.4 is 5.43 Å². The van der Waals surface area contributed by atoms with E-state index in [0.717, 1.165) is 0 Å². The van der Waals surface area contributed by atoms with Gasteiger partial charge in [0.25, 0.3) is 6.43 Å². The van der Waals surface area contributed by atoms with Gasteiger partial charge in [0.1, 0.15) is 5.82 Å². The van der Waals surface area contributed by atoms with Gasteiger partial charge in [-0.25, -0.2) is 13.2 Å². The Morgan fingerprint density at radius 1 is 1.11 bits per heavy atom. The average Bonchev–Trinajstić information content (AvgIpc) is 2.32. The van der Waals surface area contributed by atoms with Crippen molar-refractivity contribution < 1.29 is 13.2 Å². The third kappa shape index (κ3) is 2.80. The first-order valence-electron chi connectivity index (χ1n) is 5.30. The van der Waals surface area contributed by atoms with Gasteiger partial charge in [0, 0.05) is 24.0 Å². The first-order chi connectivity index (χ1) is 8.56. The molecule has 0 aliphatic carbocycles. The Morgan fingerprint density at radius 2 is 1.78 bits per heavy atom. The average molecular weight is 253 g/mol. The van der Waals surface area contributed by atoms with Gasteiger partial charge >= 0.3 is 0 Å². The number of rotatable bonds is 3. The predicted molar refractivity (Wildman–Crippen MR) is 62.1 cm³/mol. The van der Waals surface area contributed by atoms with E-state index in [1.54, 1.807) is 0 Å². The lowest BCUT2D eigenvalue weighted by molar-refractivity contribution is 0.126. The van der Waals surface area contributed by atoms with E-state index in [2.05, 4.69) is 0 Å². The summed E-state index contributed by atoms with van der Waals surface area (Å²) < 4.78 is 38.5. The molecule has 2 nitrogen and oxygen atoms in total. The molecule has 1 aromatic heterocycles. The molecule has 0 aliphatic rings. The van der Waals surface area contributed by atoms with Crippen LogP contribution in [0.15, 0.2) is 47.5 Å². The van der Waals surface area contributed by atoms with E-state index < -0.39 is 18.8 Å². The number of nitrogens with zero attached hydrogens (tertiary/aromatic N) is 1. The van der Waals surface area contributed by atoms with Crippen LogP contribution in [0.5, 0.6) is 0 Å². The van der Waals surface area contributed by atoms with Crippen molar-refractivity contribution in [3.63, 3.8) is 0 Å². The summed E-state index contributed by atoms with van der Waals surface area (Å²) in [6.07, 6.45) is 0.164. The molecule has 2 rings (SSSR count). The van der Waals surface area contributed by atoms with Gasteiger partial charge < -0.3 is 4.57 Å². The third-order valence-electron chi connectivity index (χ3n) is 2.48. The van der Waals surface area contributed by atoms with Gasteiger partial charge in [-0.2, -0.15) is 0 Å². The second kappa shape index (κ2) is 5.08. The van der Waals surface area contributed by atoms with Crippen molar-refractivity contribution in [1.82, 2.24) is 4.57 Å². The molecule has 2 aromatic rings. The highest BCUT2D eigenvalue weighted by Gasteiger charge is 2.07. The molecule has 0 amide bonds. The summed E-state index contributed by atoms with van der Waals surface area (Å²) >= 11 is 0. The predicted octanol–water partition coefficient (Wildman–Crippen LogP) is 2.92. The summed E-state index contributed by atoms with van der Waals surface area (Å²) in [5.41, 5.74) is 0.496. The highest BCUT2D eigenvalue weighted by Crippen LogP contribution is 2.15. The lowest BCUT2D eigenvalue weighted by atomic mass is 10.1. The molecule has 18 heavy (non-hydrogen) atoms. The van der Waals surface area contributed by atoms with Gasteiger partial charge in [0.2, 0.25) is 0 Å². The molecule has 5 heteroatoms. The maximum atomic E-state index is 12.8. The van der Waals surface area contributed by atoms with Crippen molar-refractivity contribution in [3.05, 3.63) is 58.8 Å². The Labute approximate surface area is 101 Å². The standard InChI is InChI=1S/C13H10F3NO/c14-10-3-1-9(2-4-10)11-7-17(8-13(15)16)6-5-12(11)18/h1-7,13H,8H2. The van der Waals surface area contributed by atoms with E-state index in [-0.39, 0.29) is 11.0 Å². The molecular weight excluding hydrogens is 243 g/mol. The Hall–Kier alpha value is -2.04. The minimum atomic E-state index is -2.49. The normalized spacial score (nSPS) is 10.9. The summed E-state index contributed by atoms with van der Waals surface area (Å²) in [6.45, 7) is -0.478. The molecule has 0 saturated heterocycles. The van der Waals surface area contributed by atoms with Crippen LogP contribution in [0.2, 0.25) is 0 Å². The molecule has 0 N–H and O–H groups in total. The molecule has 0 bridgehead atoms. The van der Waals surface area contributed by atoms with E-state index in [0.29, 0.717) is 5.56 Å². The van der Waals surface area contributed by atoms with E-state index in [1.165, 1.54) is 47.3 Å². The highest BCUT2D eigenvalue weighted by atomic mass is 19.3. The van der Waals surface area contributed by atoms with Crippen molar-refractivity contribution in [3.8, 4) is 11.1 Å². The van der Waals surface area contributed by atoms with Gasteiger partial charge in [0.15, 0.2) is 5.43 Å². The smallest absolute Gasteiger partial charge is 0.256 e. The summed E-state index contributed by atoms with van der Waals surface area (Å²) in [4.78, 5) is 11.6. The lowest BCUT2D eigenvalue weighted by Gasteiger charge is -2.08. The zero-order valence-corrected chi connectivity index (χ0v) is 9.32. The van der Waals surface area contributed by atoms with Crippen LogP contribution in [0.4, 0.5) is 13.2 Å². The second-order valence-electron chi connectivity index (χ2n) is 3.82.